The van der Waals surface area contributed by atoms with Crippen molar-refractivity contribution in [3.63, 3.8) is 0 Å². The number of hydrogen-bond acceptors (Lipinski definition) is 7. The molecule has 1 rings (SSSR count). The Balaban J connectivity index is 2.88. The van der Waals surface area contributed by atoms with E-state index in [0.29, 0.717) is 19.3 Å². The second kappa shape index (κ2) is 14.6. The Morgan fingerprint density at radius 3 is 2.33 bits per heavy atom. The number of carboxylic acids is 1. The molecule has 3 amide bonds. The van der Waals surface area contributed by atoms with Gasteiger partial charge in [-0.25, -0.2) is 4.79 Å². The summed E-state index contributed by atoms with van der Waals surface area (Å²) in [5.74, 6) is -3.08. The summed E-state index contributed by atoms with van der Waals surface area (Å²) in [7, 11) is 0. The van der Waals surface area contributed by atoms with Crippen molar-refractivity contribution in [1.82, 2.24) is 21.3 Å². The number of aliphatic carboxylic acids is 1. The molecule has 1 heterocycles. The highest BCUT2D eigenvalue weighted by molar-refractivity contribution is 7.80. The summed E-state index contributed by atoms with van der Waals surface area (Å²) < 4.78 is 0. The lowest BCUT2D eigenvalue weighted by atomic mass is 9.98. The third kappa shape index (κ3) is 9.86. The molecule has 9 N–H and O–H groups in total. The molecule has 5 atom stereocenters. The molecule has 0 aromatic carbocycles. The van der Waals surface area contributed by atoms with Gasteiger partial charge in [-0.15, -0.1) is 0 Å². The van der Waals surface area contributed by atoms with E-state index in [9.17, 15) is 24.3 Å². The molecule has 13 heteroatoms. The van der Waals surface area contributed by atoms with E-state index < -0.39 is 35.9 Å². The molecule has 5 unspecified atom stereocenters. The lowest BCUT2D eigenvalue weighted by Crippen LogP contribution is -2.58. The van der Waals surface area contributed by atoms with Gasteiger partial charge < -0.3 is 37.8 Å². The van der Waals surface area contributed by atoms with Crippen molar-refractivity contribution >= 4 is 42.3 Å². The largest absolute Gasteiger partial charge is 0.480 e. The minimum atomic E-state index is -1.16. The van der Waals surface area contributed by atoms with Gasteiger partial charge in [-0.05, 0) is 38.1 Å². The first-order chi connectivity index (χ1) is 15.6. The molecule has 1 aliphatic rings. The topological polar surface area (TPSA) is 201 Å². The van der Waals surface area contributed by atoms with E-state index in [1.165, 1.54) is 0 Å². The van der Waals surface area contributed by atoms with Crippen LogP contribution in [-0.2, 0) is 19.2 Å². The van der Waals surface area contributed by atoms with E-state index in [2.05, 4.69) is 38.9 Å². The van der Waals surface area contributed by atoms with Gasteiger partial charge in [0.1, 0.15) is 18.1 Å². The number of nitrogens with two attached hydrogens (primary N) is 2. The first-order valence-corrected chi connectivity index (χ1v) is 11.8. The molecule has 12 nitrogen and oxygen atoms in total. The maximum absolute atomic E-state index is 12.9. The quantitative estimate of drug-likeness (QED) is 0.0613. The number of thiol groups is 1. The van der Waals surface area contributed by atoms with Gasteiger partial charge >= 0.3 is 5.97 Å². The Morgan fingerprint density at radius 2 is 1.82 bits per heavy atom. The molecule has 0 radical (unpaired) electrons. The highest BCUT2D eigenvalue weighted by Crippen LogP contribution is 2.10. The average molecular weight is 488 g/mol. The fraction of sp³-hybridized carbons (Fsp3) is 0.750. The molecule has 188 valence electrons. The van der Waals surface area contributed by atoms with E-state index in [1.54, 1.807) is 6.92 Å². The standard InChI is InChI=1S/C20H37N7O5S/c1-3-11(2)15(19(31)32)27-17(29)13(7-5-9-24-20(21)22)25-18(30)14(10-33)26-16(28)12-6-4-8-23-12/h11-15,23,33H,3-10H2,1-2H3,(H,25,30)(H,26,28)(H,27,29)(H,31,32)(H4,21,22,24). The number of aliphatic imine (C=N–C) groups is 1. The van der Waals surface area contributed by atoms with E-state index in [-0.39, 0.29) is 42.5 Å². The zero-order valence-electron chi connectivity index (χ0n) is 19.2. The Kier molecular flexibility index (Phi) is 12.6. The number of nitrogens with one attached hydrogen (secondary N) is 4. The SMILES string of the molecule is CCC(C)C(NC(=O)C(CCCN=C(N)N)NC(=O)C(CS)NC(=O)C1CCCN1)C(=O)O. The van der Waals surface area contributed by atoms with Gasteiger partial charge in [0, 0.05) is 12.3 Å². The highest BCUT2D eigenvalue weighted by atomic mass is 32.1. The highest BCUT2D eigenvalue weighted by Gasteiger charge is 2.32. The van der Waals surface area contributed by atoms with Crippen LogP contribution in [0, 0.1) is 5.92 Å². The Hall–Kier alpha value is -2.54. The zero-order valence-corrected chi connectivity index (χ0v) is 20.1. The van der Waals surface area contributed by atoms with Crippen LogP contribution in [0.1, 0.15) is 46.0 Å². The van der Waals surface area contributed by atoms with Crippen molar-refractivity contribution < 1.29 is 24.3 Å². The number of nitrogens with zero attached hydrogens (tertiary/aromatic N) is 1. The fourth-order valence-electron chi connectivity index (χ4n) is 3.36. The lowest BCUT2D eigenvalue weighted by molar-refractivity contribution is -0.143. The summed E-state index contributed by atoms with van der Waals surface area (Å²) in [4.78, 5) is 53.6. The van der Waals surface area contributed by atoms with E-state index in [4.69, 9.17) is 11.5 Å². The molecule has 33 heavy (non-hydrogen) atoms. The second-order valence-electron chi connectivity index (χ2n) is 8.11. The number of rotatable bonds is 14. The van der Waals surface area contributed by atoms with Crippen molar-refractivity contribution in [2.45, 2.75) is 70.1 Å². The first kappa shape index (κ1) is 28.5. The Labute approximate surface area is 199 Å². The maximum Gasteiger partial charge on any atom is 0.326 e. The van der Waals surface area contributed by atoms with Crippen molar-refractivity contribution in [1.29, 1.82) is 0 Å². The van der Waals surface area contributed by atoms with Gasteiger partial charge in [-0.1, -0.05) is 20.3 Å². The van der Waals surface area contributed by atoms with Crippen LogP contribution in [-0.4, -0.2) is 77.8 Å². The van der Waals surface area contributed by atoms with Crippen LogP contribution in [0.4, 0.5) is 0 Å². The normalized spacial score (nSPS) is 18.9. The molecule has 0 aliphatic carbocycles. The third-order valence-corrected chi connectivity index (χ3v) is 5.91. The van der Waals surface area contributed by atoms with Crippen LogP contribution in [0.2, 0.25) is 0 Å². The zero-order chi connectivity index (χ0) is 25.0. The predicted octanol–water partition coefficient (Wildman–Crippen LogP) is -1.69. The summed E-state index contributed by atoms with van der Waals surface area (Å²) in [5, 5.41) is 20.3. The number of carbonyl (C=O) groups is 4. The minimum absolute atomic E-state index is 0.0251. The predicted molar refractivity (Wildman–Crippen MR) is 128 cm³/mol. The number of amides is 3. The number of carboxylic acid groups (broad SMARTS) is 1. The monoisotopic (exact) mass is 487 g/mol. The third-order valence-electron chi connectivity index (χ3n) is 5.55. The Morgan fingerprint density at radius 1 is 1.15 bits per heavy atom. The van der Waals surface area contributed by atoms with Gasteiger partial charge in [0.25, 0.3) is 0 Å². The van der Waals surface area contributed by atoms with Crippen LogP contribution in [0.25, 0.3) is 0 Å². The molecular weight excluding hydrogens is 450 g/mol. The van der Waals surface area contributed by atoms with Crippen LogP contribution in [0.15, 0.2) is 4.99 Å². The summed E-state index contributed by atoms with van der Waals surface area (Å²) in [6, 6.07) is -3.47. The van der Waals surface area contributed by atoms with Gasteiger partial charge in [0.15, 0.2) is 5.96 Å². The van der Waals surface area contributed by atoms with Crippen LogP contribution < -0.4 is 32.7 Å². The summed E-state index contributed by atoms with van der Waals surface area (Å²) in [6.07, 6.45) is 2.62. The molecule has 0 aromatic rings. The summed E-state index contributed by atoms with van der Waals surface area (Å²) in [5.41, 5.74) is 10.6. The second-order valence-corrected chi connectivity index (χ2v) is 8.48. The first-order valence-electron chi connectivity index (χ1n) is 11.1. The average Bonchev–Trinajstić information content (AvgIpc) is 3.31. The van der Waals surface area contributed by atoms with E-state index in [1.807, 2.05) is 6.92 Å². The fourth-order valence-corrected chi connectivity index (χ4v) is 3.61. The van der Waals surface area contributed by atoms with E-state index in [0.717, 1.165) is 13.0 Å². The molecule has 1 saturated heterocycles. The van der Waals surface area contributed by atoms with Crippen molar-refractivity contribution in [3.05, 3.63) is 0 Å². The molecule has 0 spiro atoms. The van der Waals surface area contributed by atoms with Crippen LogP contribution in [0.3, 0.4) is 0 Å². The number of guanidine groups is 1. The van der Waals surface area contributed by atoms with Gasteiger partial charge in [0.2, 0.25) is 17.7 Å². The minimum Gasteiger partial charge on any atom is -0.480 e. The van der Waals surface area contributed by atoms with Gasteiger partial charge in [0.05, 0.1) is 6.04 Å². The van der Waals surface area contributed by atoms with Crippen LogP contribution >= 0.6 is 12.6 Å². The maximum atomic E-state index is 12.9. The molecule has 0 saturated carbocycles. The molecule has 0 bridgehead atoms. The smallest absolute Gasteiger partial charge is 0.326 e. The number of hydrogen-bond donors (Lipinski definition) is 8. The van der Waals surface area contributed by atoms with Crippen molar-refractivity contribution in [2.24, 2.45) is 22.4 Å². The van der Waals surface area contributed by atoms with Gasteiger partial charge in [-0.2, -0.15) is 12.6 Å². The lowest BCUT2D eigenvalue weighted by Gasteiger charge is -2.26. The van der Waals surface area contributed by atoms with E-state index >= 15 is 0 Å². The van der Waals surface area contributed by atoms with Crippen molar-refractivity contribution in [3.8, 4) is 0 Å². The molecule has 1 aliphatic heterocycles. The Bertz CT molecular complexity index is 711. The van der Waals surface area contributed by atoms with Crippen LogP contribution in [0.5, 0.6) is 0 Å². The summed E-state index contributed by atoms with van der Waals surface area (Å²) >= 11 is 4.16. The van der Waals surface area contributed by atoms with Gasteiger partial charge in [-0.3, -0.25) is 19.4 Å². The molecular formula is C20H37N7O5S. The summed E-state index contributed by atoms with van der Waals surface area (Å²) in [6.45, 7) is 4.50. The van der Waals surface area contributed by atoms with Crippen molar-refractivity contribution in [2.75, 3.05) is 18.8 Å². The number of carbonyl (C=O) groups excluding carboxylic acids is 3. The molecule has 0 aromatic heterocycles. The molecule has 1 fully saturated rings.